The lowest BCUT2D eigenvalue weighted by Crippen LogP contribution is -2.21. The second kappa shape index (κ2) is 7.83. The summed E-state index contributed by atoms with van der Waals surface area (Å²) in [5, 5.41) is 5.76. The maximum Gasteiger partial charge on any atom is 0.337 e. The maximum absolute atomic E-state index is 12.9. The second-order valence-corrected chi connectivity index (χ2v) is 6.92. The van der Waals surface area contributed by atoms with Gasteiger partial charge in [-0.25, -0.2) is 4.79 Å². The molecule has 0 unspecified atom stereocenters. The number of ether oxygens (including phenoxy) is 1. The molecule has 1 aromatic heterocycles. The van der Waals surface area contributed by atoms with E-state index in [0.717, 1.165) is 11.1 Å². The first-order chi connectivity index (χ1) is 14.5. The Morgan fingerprint density at radius 2 is 1.83 bits per heavy atom. The zero-order valence-electron chi connectivity index (χ0n) is 16.9. The topological polar surface area (TPSA) is 72.1 Å². The van der Waals surface area contributed by atoms with Crippen molar-refractivity contribution in [1.82, 2.24) is 0 Å². The number of hydrazone groups is 1. The molecule has 1 aliphatic heterocycles. The molecule has 150 valence electrons. The van der Waals surface area contributed by atoms with Crippen molar-refractivity contribution >= 4 is 29.4 Å². The molecule has 6 nitrogen and oxygen atoms in total. The van der Waals surface area contributed by atoms with Gasteiger partial charge >= 0.3 is 5.97 Å². The lowest BCUT2D eigenvalue weighted by molar-refractivity contribution is -0.114. The summed E-state index contributed by atoms with van der Waals surface area (Å²) in [6.07, 6.45) is 1.69. The minimum absolute atomic E-state index is 0.208. The Balaban J connectivity index is 1.64. The molecule has 0 saturated heterocycles. The number of nitrogens with zero attached hydrogens (tertiary/aromatic N) is 2. The molecule has 0 atom stereocenters. The van der Waals surface area contributed by atoms with Crippen LogP contribution in [0.3, 0.4) is 0 Å². The van der Waals surface area contributed by atoms with E-state index in [1.807, 2.05) is 49.4 Å². The number of aryl methyl sites for hydroxylation is 1. The van der Waals surface area contributed by atoms with Crippen molar-refractivity contribution in [2.24, 2.45) is 5.10 Å². The van der Waals surface area contributed by atoms with Gasteiger partial charge in [0.05, 0.1) is 29.6 Å². The lowest BCUT2D eigenvalue weighted by atomic mass is 10.0. The Labute approximate surface area is 174 Å². The number of amides is 1. The van der Waals surface area contributed by atoms with Crippen LogP contribution in [-0.2, 0) is 9.53 Å². The van der Waals surface area contributed by atoms with Crippen molar-refractivity contribution in [2.45, 2.75) is 13.8 Å². The number of rotatable bonds is 4. The second-order valence-electron chi connectivity index (χ2n) is 6.92. The van der Waals surface area contributed by atoms with Crippen LogP contribution in [0.15, 0.2) is 75.8 Å². The molecule has 0 radical (unpaired) electrons. The number of hydrogen-bond donors (Lipinski definition) is 0. The van der Waals surface area contributed by atoms with Crippen molar-refractivity contribution in [3.8, 4) is 11.3 Å². The highest BCUT2D eigenvalue weighted by Gasteiger charge is 2.29. The van der Waals surface area contributed by atoms with Gasteiger partial charge in [0.1, 0.15) is 11.5 Å². The minimum atomic E-state index is -0.408. The number of carbonyl (C=O) groups excluding carboxylic acids is 2. The normalized spacial score (nSPS) is 14.9. The van der Waals surface area contributed by atoms with Crippen molar-refractivity contribution < 1.29 is 18.7 Å². The number of hydrogen-bond acceptors (Lipinski definition) is 5. The van der Waals surface area contributed by atoms with Gasteiger partial charge < -0.3 is 9.15 Å². The Morgan fingerprint density at radius 3 is 2.57 bits per heavy atom. The van der Waals surface area contributed by atoms with E-state index in [1.54, 1.807) is 31.2 Å². The van der Waals surface area contributed by atoms with Gasteiger partial charge in [0, 0.05) is 5.56 Å². The minimum Gasteiger partial charge on any atom is -0.465 e. The average Bonchev–Trinajstić information content (AvgIpc) is 3.34. The Morgan fingerprint density at radius 1 is 1.07 bits per heavy atom. The largest absolute Gasteiger partial charge is 0.465 e. The zero-order chi connectivity index (χ0) is 21.3. The van der Waals surface area contributed by atoms with Gasteiger partial charge in [-0.1, -0.05) is 24.3 Å². The van der Waals surface area contributed by atoms with E-state index in [9.17, 15) is 9.59 Å². The molecule has 2 aromatic carbocycles. The Kier molecular flexibility index (Phi) is 5.06. The smallest absolute Gasteiger partial charge is 0.337 e. The highest BCUT2D eigenvalue weighted by atomic mass is 16.5. The molecular formula is C24H20N2O4. The quantitative estimate of drug-likeness (QED) is 0.464. The van der Waals surface area contributed by atoms with Gasteiger partial charge in [-0.15, -0.1) is 0 Å². The number of esters is 1. The van der Waals surface area contributed by atoms with Crippen molar-refractivity contribution in [3.05, 3.63) is 83.1 Å². The van der Waals surface area contributed by atoms with E-state index >= 15 is 0 Å². The highest BCUT2D eigenvalue weighted by Crippen LogP contribution is 2.29. The number of benzene rings is 2. The van der Waals surface area contributed by atoms with Gasteiger partial charge in [-0.2, -0.15) is 10.1 Å². The van der Waals surface area contributed by atoms with Crippen LogP contribution in [0.2, 0.25) is 0 Å². The summed E-state index contributed by atoms with van der Waals surface area (Å²) >= 11 is 0. The monoisotopic (exact) mass is 400 g/mol. The first-order valence-corrected chi connectivity index (χ1v) is 9.44. The van der Waals surface area contributed by atoms with Gasteiger partial charge in [0.25, 0.3) is 5.91 Å². The Bertz CT molecular complexity index is 1190. The van der Waals surface area contributed by atoms with Crippen LogP contribution in [0.5, 0.6) is 0 Å². The molecule has 0 N–H and O–H groups in total. The third-order valence-electron chi connectivity index (χ3n) is 4.90. The molecule has 0 saturated carbocycles. The molecule has 0 aliphatic carbocycles. The number of para-hydroxylation sites is 1. The summed E-state index contributed by atoms with van der Waals surface area (Å²) < 4.78 is 10.8. The SMILES string of the molecule is COC(=O)c1ccc(C)c(-c2ccc(/C=C3/C(=O)N(c4ccccc4)N=C3C)o2)c1. The molecule has 1 amide bonds. The fourth-order valence-corrected chi connectivity index (χ4v) is 3.28. The van der Waals surface area contributed by atoms with E-state index < -0.39 is 5.97 Å². The molecule has 6 heteroatoms. The Hall–Kier alpha value is -3.93. The summed E-state index contributed by atoms with van der Waals surface area (Å²) in [7, 11) is 1.35. The van der Waals surface area contributed by atoms with Gasteiger partial charge in [-0.05, 0) is 61.9 Å². The maximum atomic E-state index is 12.9. The van der Waals surface area contributed by atoms with Crippen LogP contribution < -0.4 is 5.01 Å². The molecule has 2 heterocycles. The van der Waals surface area contributed by atoms with Gasteiger partial charge in [0.2, 0.25) is 0 Å². The first kappa shape index (κ1) is 19.4. The van der Waals surface area contributed by atoms with E-state index in [1.165, 1.54) is 12.1 Å². The van der Waals surface area contributed by atoms with Crippen LogP contribution in [0, 0.1) is 6.92 Å². The number of methoxy groups -OCH3 is 1. The molecule has 4 rings (SSSR count). The summed E-state index contributed by atoms with van der Waals surface area (Å²) in [5.41, 5.74) is 3.99. The number of carbonyl (C=O) groups is 2. The summed E-state index contributed by atoms with van der Waals surface area (Å²) in [5.74, 6) is 0.515. The summed E-state index contributed by atoms with van der Waals surface area (Å²) in [6.45, 7) is 3.73. The lowest BCUT2D eigenvalue weighted by Gasteiger charge is -2.10. The number of anilines is 1. The van der Waals surface area contributed by atoms with Crippen LogP contribution in [-0.4, -0.2) is 24.7 Å². The van der Waals surface area contributed by atoms with Crippen molar-refractivity contribution in [3.63, 3.8) is 0 Å². The fourth-order valence-electron chi connectivity index (χ4n) is 3.28. The van der Waals surface area contributed by atoms with E-state index in [2.05, 4.69) is 5.10 Å². The van der Waals surface area contributed by atoms with Crippen LogP contribution in [0.25, 0.3) is 17.4 Å². The summed E-state index contributed by atoms with van der Waals surface area (Å²) in [4.78, 5) is 24.7. The van der Waals surface area contributed by atoms with Gasteiger partial charge in [-0.3, -0.25) is 4.79 Å². The van der Waals surface area contributed by atoms with Gasteiger partial charge in [0.15, 0.2) is 0 Å². The first-order valence-electron chi connectivity index (χ1n) is 9.44. The third-order valence-corrected chi connectivity index (χ3v) is 4.90. The average molecular weight is 400 g/mol. The van der Waals surface area contributed by atoms with Crippen LogP contribution in [0.4, 0.5) is 5.69 Å². The molecule has 0 spiro atoms. The number of furan rings is 1. The van der Waals surface area contributed by atoms with E-state index in [-0.39, 0.29) is 5.91 Å². The fraction of sp³-hybridized carbons (Fsp3) is 0.125. The predicted molar refractivity (Wildman–Crippen MR) is 115 cm³/mol. The van der Waals surface area contributed by atoms with Crippen LogP contribution >= 0.6 is 0 Å². The third kappa shape index (κ3) is 3.55. The van der Waals surface area contributed by atoms with Crippen molar-refractivity contribution in [1.29, 1.82) is 0 Å². The van der Waals surface area contributed by atoms with Crippen molar-refractivity contribution in [2.75, 3.05) is 12.1 Å². The highest BCUT2D eigenvalue weighted by molar-refractivity contribution is 6.32. The molecule has 30 heavy (non-hydrogen) atoms. The van der Waals surface area contributed by atoms with E-state index in [0.29, 0.717) is 34.1 Å². The standard InChI is InChI=1S/C24H20N2O4/c1-15-9-10-17(24(28)29-3)13-20(15)22-12-11-19(30-22)14-21-16(2)25-26(23(21)27)18-7-5-4-6-8-18/h4-14H,1-3H3/b21-14+. The molecule has 1 aliphatic rings. The van der Waals surface area contributed by atoms with E-state index in [4.69, 9.17) is 9.15 Å². The molecular weight excluding hydrogens is 380 g/mol. The molecule has 0 bridgehead atoms. The predicted octanol–water partition coefficient (Wildman–Crippen LogP) is 4.85. The zero-order valence-corrected chi connectivity index (χ0v) is 16.9. The van der Waals surface area contributed by atoms with Crippen LogP contribution in [0.1, 0.15) is 28.6 Å². The molecule has 0 fully saturated rings. The summed E-state index contributed by atoms with van der Waals surface area (Å²) in [6, 6.07) is 18.2. The molecule has 3 aromatic rings.